The van der Waals surface area contributed by atoms with E-state index in [0.29, 0.717) is 16.2 Å². The topological polar surface area (TPSA) is 94.7 Å². The highest BCUT2D eigenvalue weighted by Gasteiger charge is 2.12. The summed E-state index contributed by atoms with van der Waals surface area (Å²) in [5, 5.41) is 9.53. The fourth-order valence-corrected chi connectivity index (χ4v) is 3.60. The van der Waals surface area contributed by atoms with E-state index in [2.05, 4.69) is 39.4 Å². The fourth-order valence-electron chi connectivity index (χ4n) is 2.87. The van der Waals surface area contributed by atoms with Crippen LogP contribution < -0.4 is 10.9 Å². The second-order valence-electron chi connectivity index (χ2n) is 6.32. The number of nitrogens with one attached hydrogen (secondary N) is 1. The summed E-state index contributed by atoms with van der Waals surface area (Å²) in [6.07, 6.45) is 3.79. The third kappa shape index (κ3) is 3.44. The van der Waals surface area contributed by atoms with Crippen molar-refractivity contribution in [3.8, 4) is 11.3 Å². The molecule has 0 aliphatic rings. The number of carbonyl (C=O) groups excluding carboxylic acids is 1. The maximum Gasteiger partial charge on any atom is 0.264 e. The van der Waals surface area contributed by atoms with Gasteiger partial charge >= 0.3 is 0 Å². The monoisotopic (exact) mass is 394 g/mol. The molecule has 0 fully saturated rings. The minimum atomic E-state index is -0.339. The molecule has 0 saturated carbocycles. The first-order chi connectivity index (χ1) is 13.5. The molecule has 8 nitrogen and oxygen atoms in total. The number of hydrogen-bond acceptors (Lipinski definition) is 6. The van der Waals surface area contributed by atoms with E-state index in [1.165, 1.54) is 38.7 Å². The molecule has 3 aromatic heterocycles. The first-order valence-corrected chi connectivity index (χ1v) is 9.65. The summed E-state index contributed by atoms with van der Waals surface area (Å²) in [4.78, 5) is 33.5. The number of aromatic nitrogens is 5. The second-order valence-corrected chi connectivity index (χ2v) is 7.18. The minimum Gasteiger partial charge on any atom is -0.300 e. The standard InChI is InChI=1S/C19H18N6O2S/c1-3-12-4-6-13(7-5-12)15-10-28-19(22-15)23-16(26)9-25-11-20-17-14(18(25)27)8-21-24(17)2/h4-8,10-11H,3,9H2,1-2H3,(H,22,23,26). The number of rotatable bonds is 5. The number of amides is 1. The van der Waals surface area contributed by atoms with Gasteiger partial charge in [-0.3, -0.25) is 18.8 Å². The number of thiazole rings is 1. The zero-order valence-corrected chi connectivity index (χ0v) is 16.2. The van der Waals surface area contributed by atoms with Gasteiger partial charge in [-0.05, 0) is 12.0 Å². The zero-order valence-electron chi connectivity index (χ0n) is 15.4. The van der Waals surface area contributed by atoms with Crippen LogP contribution in [0, 0.1) is 0 Å². The number of nitrogens with zero attached hydrogens (tertiary/aromatic N) is 5. The quantitative estimate of drug-likeness (QED) is 0.561. The lowest BCUT2D eigenvalue weighted by atomic mass is 10.1. The highest BCUT2D eigenvalue weighted by molar-refractivity contribution is 7.14. The summed E-state index contributed by atoms with van der Waals surface area (Å²) in [5.74, 6) is -0.339. The van der Waals surface area contributed by atoms with Gasteiger partial charge in [-0.25, -0.2) is 9.97 Å². The number of hydrogen-bond donors (Lipinski definition) is 1. The first kappa shape index (κ1) is 18.1. The molecular weight excluding hydrogens is 376 g/mol. The van der Waals surface area contributed by atoms with Crippen molar-refractivity contribution in [1.82, 2.24) is 24.3 Å². The predicted molar refractivity (Wildman–Crippen MR) is 108 cm³/mol. The molecule has 0 saturated heterocycles. The summed E-state index contributed by atoms with van der Waals surface area (Å²) >= 11 is 1.34. The van der Waals surface area contributed by atoms with Crippen LogP contribution in [0.5, 0.6) is 0 Å². The second kappa shape index (κ2) is 7.35. The van der Waals surface area contributed by atoms with E-state index in [-0.39, 0.29) is 18.0 Å². The van der Waals surface area contributed by atoms with E-state index in [4.69, 9.17) is 0 Å². The van der Waals surface area contributed by atoms with E-state index in [1.807, 2.05) is 17.5 Å². The normalized spacial score (nSPS) is 11.1. The molecule has 28 heavy (non-hydrogen) atoms. The average Bonchev–Trinajstić information content (AvgIpc) is 3.31. The number of fused-ring (bicyclic) bond motifs is 1. The molecule has 0 radical (unpaired) electrons. The molecule has 0 atom stereocenters. The lowest BCUT2D eigenvalue weighted by Gasteiger charge is -2.05. The Labute approximate surface area is 164 Å². The first-order valence-electron chi connectivity index (χ1n) is 8.77. The van der Waals surface area contributed by atoms with Crippen LogP contribution in [0.4, 0.5) is 5.13 Å². The van der Waals surface area contributed by atoms with Crippen LogP contribution in [0.3, 0.4) is 0 Å². The molecule has 0 unspecified atom stereocenters. The molecule has 142 valence electrons. The van der Waals surface area contributed by atoms with Gasteiger partial charge in [-0.1, -0.05) is 31.2 Å². The van der Waals surface area contributed by atoms with Crippen molar-refractivity contribution in [2.45, 2.75) is 19.9 Å². The Bertz CT molecular complexity index is 1210. The van der Waals surface area contributed by atoms with E-state index in [1.54, 1.807) is 7.05 Å². The van der Waals surface area contributed by atoms with Crippen molar-refractivity contribution in [3.05, 3.63) is 58.1 Å². The van der Waals surface area contributed by atoms with Crippen LogP contribution in [-0.2, 0) is 24.8 Å². The number of aryl methyl sites for hydroxylation is 2. The van der Waals surface area contributed by atoms with Crippen molar-refractivity contribution >= 4 is 33.4 Å². The van der Waals surface area contributed by atoms with E-state index >= 15 is 0 Å². The Morgan fingerprint density at radius 3 is 2.79 bits per heavy atom. The summed E-state index contributed by atoms with van der Waals surface area (Å²) in [5.41, 5.74) is 3.25. The van der Waals surface area contributed by atoms with Crippen LogP contribution in [0.15, 0.2) is 47.0 Å². The molecule has 3 heterocycles. The van der Waals surface area contributed by atoms with Crippen LogP contribution >= 0.6 is 11.3 Å². The van der Waals surface area contributed by atoms with Gasteiger partial charge in [0, 0.05) is 18.0 Å². The molecule has 0 bridgehead atoms. The third-order valence-corrected chi connectivity index (χ3v) is 5.20. The third-order valence-electron chi connectivity index (χ3n) is 4.44. The SMILES string of the molecule is CCc1ccc(-c2csc(NC(=O)Cn3cnc4c(cnn4C)c3=O)n2)cc1. The molecule has 0 spiro atoms. The molecule has 1 N–H and O–H groups in total. The van der Waals surface area contributed by atoms with Crippen molar-refractivity contribution in [1.29, 1.82) is 0 Å². The highest BCUT2D eigenvalue weighted by Crippen LogP contribution is 2.25. The van der Waals surface area contributed by atoms with Crippen LogP contribution in [0.25, 0.3) is 22.3 Å². The van der Waals surface area contributed by atoms with Gasteiger partial charge in [0.1, 0.15) is 18.3 Å². The van der Waals surface area contributed by atoms with Crippen LogP contribution in [0.1, 0.15) is 12.5 Å². The van der Waals surface area contributed by atoms with E-state index in [0.717, 1.165) is 17.7 Å². The summed E-state index contributed by atoms with van der Waals surface area (Å²) in [6, 6.07) is 8.18. The molecule has 1 amide bonds. The Morgan fingerprint density at radius 1 is 1.25 bits per heavy atom. The largest absolute Gasteiger partial charge is 0.300 e. The van der Waals surface area contributed by atoms with Crippen LogP contribution in [-0.4, -0.2) is 30.2 Å². The molecular formula is C19H18N6O2S. The van der Waals surface area contributed by atoms with Crippen molar-refractivity contribution < 1.29 is 4.79 Å². The fraction of sp³-hybridized carbons (Fsp3) is 0.211. The average molecular weight is 394 g/mol. The van der Waals surface area contributed by atoms with E-state index < -0.39 is 0 Å². The molecule has 1 aromatic carbocycles. The summed E-state index contributed by atoms with van der Waals surface area (Å²) < 4.78 is 2.78. The van der Waals surface area contributed by atoms with Crippen LogP contribution in [0.2, 0.25) is 0 Å². The zero-order chi connectivity index (χ0) is 19.7. The molecule has 4 aromatic rings. The number of benzene rings is 1. The Balaban J connectivity index is 1.48. The number of carbonyl (C=O) groups is 1. The van der Waals surface area contributed by atoms with Gasteiger partial charge in [-0.2, -0.15) is 5.10 Å². The van der Waals surface area contributed by atoms with Gasteiger partial charge in [0.05, 0.1) is 11.9 Å². The molecule has 0 aliphatic heterocycles. The van der Waals surface area contributed by atoms with Gasteiger partial charge in [0.2, 0.25) is 5.91 Å². The van der Waals surface area contributed by atoms with Gasteiger partial charge < -0.3 is 5.32 Å². The van der Waals surface area contributed by atoms with Gasteiger partial charge in [0.15, 0.2) is 10.8 Å². The summed E-state index contributed by atoms with van der Waals surface area (Å²) in [6.45, 7) is 1.97. The maximum atomic E-state index is 12.4. The van der Waals surface area contributed by atoms with Crippen molar-refractivity contribution in [2.24, 2.45) is 7.05 Å². The Hall–Kier alpha value is -3.33. The van der Waals surface area contributed by atoms with Gasteiger partial charge in [-0.15, -0.1) is 11.3 Å². The van der Waals surface area contributed by atoms with Gasteiger partial charge in [0.25, 0.3) is 5.56 Å². The lowest BCUT2D eigenvalue weighted by molar-refractivity contribution is -0.116. The smallest absolute Gasteiger partial charge is 0.264 e. The molecule has 9 heteroatoms. The minimum absolute atomic E-state index is 0.142. The molecule has 0 aliphatic carbocycles. The summed E-state index contributed by atoms with van der Waals surface area (Å²) in [7, 11) is 1.71. The van der Waals surface area contributed by atoms with E-state index in [9.17, 15) is 9.59 Å². The lowest BCUT2D eigenvalue weighted by Crippen LogP contribution is -2.27. The molecule has 4 rings (SSSR count). The maximum absolute atomic E-state index is 12.4. The number of anilines is 1. The Morgan fingerprint density at radius 2 is 2.04 bits per heavy atom. The Kier molecular flexibility index (Phi) is 4.74. The van der Waals surface area contributed by atoms with Crippen molar-refractivity contribution in [2.75, 3.05) is 5.32 Å². The predicted octanol–water partition coefficient (Wildman–Crippen LogP) is 2.45. The highest BCUT2D eigenvalue weighted by atomic mass is 32.1. The van der Waals surface area contributed by atoms with Crippen molar-refractivity contribution in [3.63, 3.8) is 0 Å².